The zero-order valence-electron chi connectivity index (χ0n) is 22.0. The molecule has 8 heteroatoms. The number of rotatable bonds is 13. The second kappa shape index (κ2) is 13.8. The van der Waals surface area contributed by atoms with E-state index in [1.165, 1.54) is 12.1 Å². The van der Waals surface area contributed by atoms with Crippen molar-refractivity contribution in [3.05, 3.63) is 101 Å². The van der Waals surface area contributed by atoms with Crippen molar-refractivity contribution >= 4 is 34.3 Å². The highest BCUT2D eigenvalue weighted by Gasteiger charge is 2.22. The summed E-state index contributed by atoms with van der Waals surface area (Å²) < 4.78 is 19.2. The van der Waals surface area contributed by atoms with E-state index in [0.29, 0.717) is 36.8 Å². The third kappa shape index (κ3) is 8.07. The molecule has 0 unspecified atom stereocenters. The average molecular weight is 550 g/mol. The predicted octanol–water partition coefficient (Wildman–Crippen LogP) is 6.24. The molecule has 0 radical (unpaired) electrons. The Balaban J connectivity index is 1.46. The highest BCUT2D eigenvalue weighted by molar-refractivity contribution is 6.30. The second-order valence-electron chi connectivity index (χ2n) is 9.46. The average Bonchev–Trinajstić information content (AvgIpc) is 3.36. The minimum absolute atomic E-state index is 0.0576. The maximum Gasteiger partial charge on any atom is 0.260 e. The Morgan fingerprint density at radius 3 is 2.41 bits per heavy atom. The van der Waals surface area contributed by atoms with E-state index in [-0.39, 0.29) is 30.8 Å². The van der Waals surface area contributed by atoms with Crippen LogP contribution in [0.2, 0.25) is 5.02 Å². The van der Waals surface area contributed by atoms with Gasteiger partial charge in [0.2, 0.25) is 5.91 Å². The van der Waals surface area contributed by atoms with Crippen LogP contribution in [0.25, 0.3) is 10.9 Å². The van der Waals surface area contributed by atoms with Crippen molar-refractivity contribution in [2.75, 3.05) is 26.2 Å². The summed E-state index contributed by atoms with van der Waals surface area (Å²) in [6.07, 6.45) is 4.26. The first kappa shape index (κ1) is 28.2. The van der Waals surface area contributed by atoms with Crippen molar-refractivity contribution in [3.63, 3.8) is 0 Å². The Labute approximate surface area is 233 Å². The Morgan fingerprint density at radius 1 is 0.923 bits per heavy atom. The summed E-state index contributed by atoms with van der Waals surface area (Å²) in [5, 5.41) is 1.70. The molecule has 0 saturated heterocycles. The molecular formula is C31H33ClFN3O3. The smallest absolute Gasteiger partial charge is 0.260 e. The molecule has 4 aromatic rings. The normalized spacial score (nSPS) is 10.9. The van der Waals surface area contributed by atoms with Gasteiger partial charge >= 0.3 is 0 Å². The Bertz CT molecular complexity index is 1370. The van der Waals surface area contributed by atoms with E-state index < -0.39 is 0 Å². The molecule has 0 aliphatic heterocycles. The van der Waals surface area contributed by atoms with Gasteiger partial charge in [-0.2, -0.15) is 0 Å². The number of halogens is 2. The van der Waals surface area contributed by atoms with Crippen LogP contribution in [0.15, 0.2) is 79.0 Å². The number of amides is 2. The van der Waals surface area contributed by atoms with Crippen LogP contribution >= 0.6 is 11.6 Å². The number of aromatic nitrogens is 1. The summed E-state index contributed by atoms with van der Waals surface area (Å²) in [7, 11) is 0. The first-order valence-electron chi connectivity index (χ1n) is 13.2. The maximum absolute atomic E-state index is 13.6. The van der Waals surface area contributed by atoms with Crippen molar-refractivity contribution in [1.82, 2.24) is 14.8 Å². The van der Waals surface area contributed by atoms with E-state index in [1.54, 1.807) is 46.2 Å². The van der Waals surface area contributed by atoms with Gasteiger partial charge in [0.1, 0.15) is 11.6 Å². The van der Waals surface area contributed by atoms with Crippen LogP contribution in [-0.2, 0) is 22.6 Å². The van der Waals surface area contributed by atoms with E-state index >= 15 is 0 Å². The van der Waals surface area contributed by atoms with E-state index in [9.17, 15) is 14.0 Å². The maximum atomic E-state index is 13.6. The number of para-hydroxylation sites is 1. The fraction of sp³-hybridized carbons (Fsp3) is 0.290. The van der Waals surface area contributed by atoms with Crippen molar-refractivity contribution in [2.24, 2.45) is 0 Å². The largest absolute Gasteiger partial charge is 0.484 e. The molecule has 1 N–H and O–H groups in total. The van der Waals surface area contributed by atoms with Gasteiger partial charge in [-0.3, -0.25) is 9.59 Å². The standard InChI is InChI=1S/C31H33ClFN3O3/c1-2-3-17-35(31(38)22-39-27-14-10-25(32)11-15-27)21-30(37)36(20-23-8-12-26(33)13-9-23)18-16-24-19-34-29-7-5-4-6-28(24)29/h4-15,19,34H,2-3,16-18,20-22H2,1H3. The summed E-state index contributed by atoms with van der Waals surface area (Å²) >= 11 is 5.93. The van der Waals surface area contributed by atoms with Crippen LogP contribution in [-0.4, -0.2) is 52.8 Å². The Morgan fingerprint density at radius 2 is 1.67 bits per heavy atom. The molecule has 204 valence electrons. The molecule has 0 atom stereocenters. The van der Waals surface area contributed by atoms with Gasteiger partial charge in [0.05, 0.1) is 6.54 Å². The number of nitrogens with zero attached hydrogens (tertiary/aromatic N) is 2. The van der Waals surface area contributed by atoms with E-state index in [4.69, 9.17) is 16.3 Å². The number of aromatic amines is 1. The lowest BCUT2D eigenvalue weighted by Gasteiger charge is -2.28. The van der Waals surface area contributed by atoms with Crippen LogP contribution in [0, 0.1) is 5.82 Å². The highest BCUT2D eigenvalue weighted by atomic mass is 35.5. The lowest BCUT2D eigenvalue weighted by molar-refractivity contribution is -0.142. The molecule has 39 heavy (non-hydrogen) atoms. The molecule has 0 aliphatic rings. The molecule has 4 rings (SSSR count). The molecule has 0 aliphatic carbocycles. The molecular weight excluding hydrogens is 517 g/mol. The quantitative estimate of drug-likeness (QED) is 0.215. The van der Waals surface area contributed by atoms with E-state index in [2.05, 4.69) is 11.1 Å². The van der Waals surface area contributed by atoms with Crippen molar-refractivity contribution in [3.8, 4) is 5.75 Å². The molecule has 2 amide bonds. The van der Waals surface area contributed by atoms with Gasteiger partial charge < -0.3 is 19.5 Å². The zero-order valence-corrected chi connectivity index (χ0v) is 22.8. The number of unbranched alkanes of at least 4 members (excludes halogenated alkanes) is 1. The van der Waals surface area contributed by atoms with Crippen molar-refractivity contribution in [2.45, 2.75) is 32.7 Å². The van der Waals surface area contributed by atoms with Gasteiger partial charge in [-0.25, -0.2) is 4.39 Å². The number of benzene rings is 3. The molecule has 0 bridgehead atoms. The molecule has 3 aromatic carbocycles. The lowest BCUT2D eigenvalue weighted by atomic mass is 10.1. The molecule has 6 nitrogen and oxygen atoms in total. The number of hydrogen-bond donors (Lipinski definition) is 1. The molecule has 0 fully saturated rings. The number of fused-ring (bicyclic) bond motifs is 1. The fourth-order valence-corrected chi connectivity index (χ4v) is 4.49. The number of carbonyl (C=O) groups is 2. The Hall–Kier alpha value is -3.84. The summed E-state index contributed by atoms with van der Waals surface area (Å²) in [4.78, 5) is 33.3. The number of nitrogens with one attached hydrogen (secondary N) is 1. The van der Waals surface area contributed by atoms with Crippen LogP contribution in [0.1, 0.15) is 30.9 Å². The van der Waals surface area contributed by atoms with Gasteiger partial charge in [0.15, 0.2) is 6.61 Å². The number of ether oxygens (including phenoxy) is 1. The Kier molecular flexibility index (Phi) is 9.97. The van der Waals surface area contributed by atoms with Crippen molar-refractivity contribution < 1.29 is 18.7 Å². The summed E-state index contributed by atoms with van der Waals surface area (Å²) in [6, 6.07) is 21.0. The van der Waals surface area contributed by atoms with Gasteiger partial charge in [0, 0.05) is 41.8 Å². The SMILES string of the molecule is CCCCN(CC(=O)N(CCc1c[nH]c2ccccc12)Cc1ccc(F)cc1)C(=O)COc1ccc(Cl)cc1. The summed E-state index contributed by atoms with van der Waals surface area (Å²) in [6.45, 7) is 3.03. The molecule has 0 saturated carbocycles. The minimum atomic E-state index is -0.326. The van der Waals surface area contributed by atoms with Gasteiger partial charge in [-0.05, 0) is 66.4 Å². The first-order chi connectivity index (χ1) is 18.9. The lowest BCUT2D eigenvalue weighted by Crippen LogP contribution is -2.45. The first-order valence-corrected chi connectivity index (χ1v) is 13.5. The predicted molar refractivity (Wildman–Crippen MR) is 152 cm³/mol. The molecule has 1 aromatic heterocycles. The third-order valence-electron chi connectivity index (χ3n) is 6.60. The van der Waals surface area contributed by atoms with Crippen LogP contribution in [0.5, 0.6) is 5.75 Å². The number of H-pyrrole nitrogens is 1. The third-order valence-corrected chi connectivity index (χ3v) is 6.85. The second-order valence-corrected chi connectivity index (χ2v) is 9.90. The number of hydrogen-bond acceptors (Lipinski definition) is 3. The zero-order chi connectivity index (χ0) is 27.6. The van der Waals surface area contributed by atoms with Gasteiger partial charge in [-0.1, -0.05) is 55.3 Å². The van der Waals surface area contributed by atoms with Crippen LogP contribution in [0.3, 0.4) is 0 Å². The monoisotopic (exact) mass is 549 g/mol. The minimum Gasteiger partial charge on any atom is -0.484 e. The van der Waals surface area contributed by atoms with E-state index in [1.807, 2.05) is 31.3 Å². The van der Waals surface area contributed by atoms with Crippen molar-refractivity contribution in [1.29, 1.82) is 0 Å². The van der Waals surface area contributed by atoms with E-state index in [0.717, 1.165) is 34.9 Å². The molecule has 0 spiro atoms. The summed E-state index contributed by atoms with van der Waals surface area (Å²) in [5.41, 5.74) is 2.97. The van der Waals surface area contributed by atoms with Crippen LogP contribution < -0.4 is 4.74 Å². The fourth-order valence-electron chi connectivity index (χ4n) is 4.37. The van der Waals surface area contributed by atoms with Crippen LogP contribution in [0.4, 0.5) is 4.39 Å². The van der Waals surface area contributed by atoms with Gasteiger partial charge in [0.25, 0.3) is 5.91 Å². The van der Waals surface area contributed by atoms with Gasteiger partial charge in [-0.15, -0.1) is 0 Å². The highest BCUT2D eigenvalue weighted by Crippen LogP contribution is 2.19. The molecule has 1 heterocycles. The topological polar surface area (TPSA) is 65.6 Å². The number of carbonyl (C=O) groups excluding carboxylic acids is 2. The summed E-state index contributed by atoms with van der Waals surface area (Å²) in [5.74, 6) is -0.223.